The molecule has 0 unspecified atom stereocenters. The van der Waals surface area contributed by atoms with E-state index in [-0.39, 0.29) is 23.0 Å². The fraction of sp³-hybridized carbons (Fsp3) is 0.458. The second-order valence-corrected chi connectivity index (χ2v) is 9.56. The Morgan fingerprint density at radius 2 is 1.14 bits per heavy atom. The van der Waals surface area contributed by atoms with Crippen molar-refractivity contribution in [1.82, 2.24) is 0 Å². The van der Waals surface area contributed by atoms with Gasteiger partial charge in [0, 0.05) is 29.0 Å². The predicted octanol–water partition coefficient (Wildman–Crippen LogP) is 8.73. The van der Waals surface area contributed by atoms with E-state index in [0.717, 1.165) is 24.3 Å². The van der Waals surface area contributed by atoms with Gasteiger partial charge in [-0.05, 0) is 42.8 Å². The Hall–Kier alpha value is -3.08. The van der Waals surface area contributed by atoms with Gasteiger partial charge in [0.25, 0.3) is 0 Å². The SMILES string of the molecule is FC(F)(F)CN(CC(F)(F)F)c1ccc(Br)c(C(F)(F)F)c1.N#Cc1ccc(N(CCCO)CC(F)(F)F)c(C(F)(F)F)c1. The minimum atomic E-state index is -5.00. The standard InChI is InChI=1S/C13H12F6N2O.C11H7BrF9N/c14-12(15,16)8-21(4-1-5-22)11-3-2-9(7-20)6-10(11)13(17,18)19;12-8-2-1-6(3-7(8)11(19,20)21)22(4-9(13,14)15)5-10(16,17)18/h2-3,6,22H,1,4-5,8H2;1-3H,4-5H2. The Kier molecular flexibility index (Phi) is 13.1. The largest absolute Gasteiger partial charge is 0.418 e. The molecule has 0 atom stereocenters. The van der Waals surface area contributed by atoms with E-state index in [4.69, 9.17) is 10.4 Å². The Balaban J connectivity index is 0.000000440. The minimum absolute atomic E-state index is 0.118. The van der Waals surface area contributed by atoms with Crippen LogP contribution >= 0.6 is 15.9 Å². The second-order valence-electron chi connectivity index (χ2n) is 8.70. The zero-order chi connectivity index (χ0) is 34.3. The first-order valence-electron chi connectivity index (χ1n) is 11.6. The number of aliphatic hydroxyl groups is 1. The number of hydrogen-bond donors (Lipinski definition) is 1. The van der Waals surface area contributed by atoms with Crippen LogP contribution in [-0.4, -0.2) is 56.4 Å². The molecule has 0 aliphatic rings. The van der Waals surface area contributed by atoms with Gasteiger partial charge in [0.15, 0.2) is 0 Å². The van der Waals surface area contributed by atoms with E-state index in [1.54, 1.807) is 0 Å². The maximum Gasteiger partial charge on any atom is 0.418 e. The van der Waals surface area contributed by atoms with Crippen LogP contribution in [0.25, 0.3) is 0 Å². The third kappa shape index (κ3) is 13.7. The highest BCUT2D eigenvalue weighted by Crippen LogP contribution is 2.39. The number of aliphatic hydroxyl groups excluding tert-OH is 1. The summed E-state index contributed by atoms with van der Waals surface area (Å²) in [7, 11) is 0. The van der Waals surface area contributed by atoms with E-state index in [1.165, 1.54) is 6.07 Å². The molecule has 0 amide bonds. The lowest BCUT2D eigenvalue weighted by atomic mass is 10.1. The average Bonchev–Trinajstić information content (AvgIpc) is 2.83. The molecule has 248 valence electrons. The average molecular weight is 730 g/mol. The number of nitriles is 1. The number of hydrogen-bond acceptors (Lipinski definition) is 4. The quantitative estimate of drug-likeness (QED) is 0.276. The Morgan fingerprint density at radius 1 is 0.659 bits per heavy atom. The Morgan fingerprint density at radius 3 is 1.55 bits per heavy atom. The molecule has 0 saturated heterocycles. The molecule has 4 nitrogen and oxygen atoms in total. The van der Waals surface area contributed by atoms with E-state index in [1.807, 2.05) is 0 Å². The van der Waals surface area contributed by atoms with E-state index >= 15 is 0 Å². The smallest absolute Gasteiger partial charge is 0.396 e. The van der Waals surface area contributed by atoms with E-state index in [2.05, 4.69) is 15.9 Å². The molecule has 44 heavy (non-hydrogen) atoms. The van der Waals surface area contributed by atoms with E-state index < -0.39 is 90.6 Å². The summed E-state index contributed by atoms with van der Waals surface area (Å²) >= 11 is 2.56. The summed E-state index contributed by atoms with van der Waals surface area (Å²) in [6.45, 7) is -6.48. The van der Waals surface area contributed by atoms with Gasteiger partial charge >= 0.3 is 30.9 Å². The van der Waals surface area contributed by atoms with Crippen molar-refractivity contribution in [3.8, 4) is 6.07 Å². The first-order chi connectivity index (χ1) is 19.8. The van der Waals surface area contributed by atoms with Gasteiger partial charge in [0.05, 0.1) is 22.8 Å². The normalized spacial score (nSPS) is 12.7. The summed E-state index contributed by atoms with van der Waals surface area (Å²) in [4.78, 5) is 0.294. The van der Waals surface area contributed by atoms with Crippen LogP contribution in [0.3, 0.4) is 0 Å². The number of anilines is 2. The zero-order valence-corrected chi connectivity index (χ0v) is 23.1. The molecule has 0 heterocycles. The summed E-state index contributed by atoms with van der Waals surface area (Å²) in [6, 6.07) is 5.62. The number of alkyl halides is 15. The van der Waals surface area contributed by atoms with Crippen molar-refractivity contribution in [2.45, 2.75) is 37.3 Å². The summed E-state index contributed by atoms with van der Waals surface area (Å²) < 4.78 is 188. The van der Waals surface area contributed by atoms with Crippen molar-refractivity contribution < 1.29 is 71.0 Å². The third-order valence-corrected chi connectivity index (χ3v) is 5.78. The van der Waals surface area contributed by atoms with Crippen LogP contribution in [-0.2, 0) is 12.4 Å². The number of rotatable bonds is 8. The highest BCUT2D eigenvalue weighted by molar-refractivity contribution is 9.10. The topological polar surface area (TPSA) is 50.5 Å². The fourth-order valence-electron chi connectivity index (χ4n) is 3.47. The maximum atomic E-state index is 13.0. The van der Waals surface area contributed by atoms with E-state index in [0.29, 0.717) is 11.0 Å². The van der Waals surface area contributed by atoms with Crippen LogP contribution < -0.4 is 9.80 Å². The van der Waals surface area contributed by atoms with Crippen LogP contribution in [0.5, 0.6) is 0 Å². The van der Waals surface area contributed by atoms with Crippen LogP contribution in [0.4, 0.5) is 77.2 Å². The third-order valence-electron chi connectivity index (χ3n) is 5.09. The van der Waals surface area contributed by atoms with Gasteiger partial charge in [-0.2, -0.15) is 71.1 Å². The van der Waals surface area contributed by atoms with Gasteiger partial charge in [-0.3, -0.25) is 0 Å². The molecule has 0 aliphatic carbocycles. The van der Waals surface area contributed by atoms with Crippen molar-refractivity contribution in [3.63, 3.8) is 0 Å². The van der Waals surface area contributed by atoms with Crippen molar-refractivity contribution in [1.29, 1.82) is 5.26 Å². The lowest BCUT2D eigenvalue weighted by Gasteiger charge is -2.28. The zero-order valence-electron chi connectivity index (χ0n) is 21.5. The van der Waals surface area contributed by atoms with Gasteiger partial charge < -0.3 is 14.9 Å². The summed E-state index contributed by atoms with van der Waals surface area (Å²) in [5.74, 6) is 0. The van der Waals surface area contributed by atoms with Crippen molar-refractivity contribution >= 4 is 27.3 Å². The molecule has 0 fully saturated rings. The van der Waals surface area contributed by atoms with Gasteiger partial charge in [-0.1, -0.05) is 15.9 Å². The summed E-state index contributed by atoms with van der Waals surface area (Å²) in [5.41, 5.74) is -4.47. The molecule has 0 spiro atoms. The van der Waals surface area contributed by atoms with Crippen LogP contribution in [0, 0.1) is 11.3 Å². The Bertz CT molecular complexity index is 1250. The molecular formula is C24H19BrF15N3O. The molecule has 0 aliphatic heterocycles. The number of halogens is 16. The molecule has 2 rings (SSSR count). The molecular weight excluding hydrogens is 711 g/mol. The number of benzene rings is 2. The first-order valence-corrected chi connectivity index (χ1v) is 12.4. The second kappa shape index (κ2) is 14.8. The molecule has 1 N–H and O–H groups in total. The lowest BCUT2D eigenvalue weighted by Crippen LogP contribution is -2.40. The predicted molar refractivity (Wildman–Crippen MR) is 130 cm³/mol. The molecule has 0 bridgehead atoms. The van der Waals surface area contributed by atoms with Crippen LogP contribution in [0.1, 0.15) is 23.1 Å². The van der Waals surface area contributed by atoms with Gasteiger partial charge in [-0.15, -0.1) is 0 Å². The van der Waals surface area contributed by atoms with Crippen LogP contribution in [0.2, 0.25) is 0 Å². The molecule has 0 saturated carbocycles. The fourth-order valence-corrected chi connectivity index (χ4v) is 3.94. The minimum Gasteiger partial charge on any atom is -0.396 e. The molecule has 0 radical (unpaired) electrons. The summed E-state index contributed by atoms with van der Waals surface area (Å²) in [5, 5.41) is 17.3. The molecule has 20 heteroatoms. The monoisotopic (exact) mass is 729 g/mol. The highest BCUT2D eigenvalue weighted by Gasteiger charge is 2.40. The molecule has 2 aromatic rings. The summed E-state index contributed by atoms with van der Waals surface area (Å²) in [6.07, 6.45) is -24.6. The van der Waals surface area contributed by atoms with Crippen molar-refractivity contribution in [3.05, 3.63) is 57.6 Å². The molecule has 2 aromatic carbocycles. The van der Waals surface area contributed by atoms with Gasteiger partial charge in [0.1, 0.15) is 19.6 Å². The molecule has 0 aromatic heterocycles. The lowest BCUT2D eigenvalue weighted by molar-refractivity contribution is -0.139. The van der Waals surface area contributed by atoms with Crippen molar-refractivity contribution in [2.75, 3.05) is 42.6 Å². The van der Waals surface area contributed by atoms with Gasteiger partial charge in [-0.25, -0.2) is 0 Å². The maximum absolute atomic E-state index is 13.0. The van der Waals surface area contributed by atoms with Gasteiger partial charge in [0.2, 0.25) is 0 Å². The van der Waals surface area contributed by atoms with Crippen LogP contribution in [0.15, 0.2) is 40.9 Å². The van der Waals surface area contributed by atoms with E-state index in [9.17, 15) is 65.9 Å². The highest BCUT2D eigenvalue weighted by atomic mass is 79.9. The number of nitrogens with zero attached hydrogens (tertiary/aromatic N) is 3. The Labute approximate surface area is 247 Å². The first kappa shape index (κ1) is 38.9. The van der Waals surface area contributed by atoms with Crippen molar-refractivity contribution in [2.24, 2.45) is 0 Å².